The van der Waals surface area contributed by atoms with E-state index in [1.165, 1.54) is 11.1 Å². The van der Waals surface area contributed by atoms with Crippen molar-refractivity contribution in [2.45, 2.75) is 53.5 Å². The third-order valence-electron chi connectivity index (χ3n) is 5.56. The number of piperidine rings is 1. The molecule has 2 aliphatic rings. The molecule has 0 aromatic heterocycles. The van der Waals surface area contributed by atoms with Crippen LogP contribution < -0.4 is 0 Å². The topological polar surface area (TPSA) is 40.6 Å². The van der Waals surface area contributed by atoms with Gasteiger partial charge in [-0.3, -0.25) is 9.59 Å². The van der Waals surface area contributed by atoms with Crippen molar-refractivity contribution in [3.8, 4) is 0 Å². The monoisotopic (exact) mass is 342 g/mol. The summed E-state index contributed by atoms with van der Waals surface area (Å²) < 4.78 is 0. The highest BCUT2D eigenvalue weighted by Gasteiger charge is 2.50. The van der Waals surface area contributed by atoms with Crippen LogP contribution in [0.3, 0.4) is 0 Å². The number of carbonyl (C=O) groups is 2. The number of hydrogen-bond donors (Lipinski definition) is 0. The molecule has 0 saturated carbocycles. The van der Waals surface area contributed by atoms with E-state index in [0.717, 1.165) is 25.8 Å². The van der Waals surface area contributed by atoms with Crippen molar-refractivity contribution >= 4 is 11.8 Å². The zero-order chi connectivity index (χ0) is 18.2. The number of carbonyl (C=O) groups excluding carboxylic acids is 2. The highest BCUT2D eigenvalue weighted by molar-refractivity contribution is 5.87. The van der Waals surface area contributed by atoms with Crippen molar-refractivity contribution in [3.63, 3.8) is 0 Å². The molecule has 1 aromatic rings. The van der Waals surface area contributed by atoms with Crippen molar-refractivity contribution in [2.24, 2.45) is 10.8 Å². The lowest BCUT2D eigenvalue weighted by atomic mass is 9.78. The minimum Gasteiger partial charge on any atom is -0.341 e. The lowest BCUT2D eigenvalue weighted by Gasteiger charge is -2.39. The first-order valence-electron chi connectivity index (χ1n) is 9.36. The summed E-state index contributed by atoms with van der Waals surface area (Å²) >= 11 is 0. The molecule has 0 N–H and O–H groups in total. The molecule has 2 heterocycles. The Morgan fingerprint density at radius 1 is 1.20 bits per heavy atom. The summed E-state index contributed by atoms with van der Waals surface area (Å²) in [6.07, 6.45) is 2.73. The van der Waals surface area contributed by atoms with E-state index in [-0.39, 0.29) is 22.6 Å². The maximum Gasteiger partial charge on any atom is 0.230 e. The van der Waals surface area contributed by atoms with Crippen LogP contribution in [0.5, 0.6) is 0 Å². The number of amides is 2. The standard InChI is InChI=1S/C21H30N2O2/c1-16-7-5-8-17(13-16)14-22-11-6-9-21(19(22)25)10-12-23(15-21)18(24)20(2,3)4/h5,7-8,13H,6,9-12,14-15H2,1-4H3. The molecule has 3 rings (SSSR count). The number of hydrogen-bond acceptors (Lipinski definition) is 2. The Morgan fingerprint density at radius 2 is 1.96 bits per heavy atom. The summed E-state index contributed by atoms with van der Waals surface area (Å²) in [6.45, 7) is 10.7. The Hall–Kier alpha value is -1.84. The van der Waals surface area contributed by atoms with Gasteiger partial charge in [-0.1, -0.05) is 50.6 Å². The summed E-state index contributed by atoms with van der Waals surface area (Å²) in [6, 6.07) is 8.37. The van der Waals surface area contributed by atoms with E-state index in [0.29, 0.717) is 19.6 Å². The zero-order valence-corrected chi connectivity index (χ0v) is 16.0. The largest absolute Gasteiger partial charge is 0.341 e. The van der Waals surface area contributed by atoms with E-state index < -0.39 is 0 Å². The summed E-state index contributed by atoms with van der Waals surface area (Å²) in [5.74, 6) is 0.400. The molecule has 0 radical (unpaired) electrons. The number of nitrogens with zero attached hydrogens (tertiary/aromatic N) is 2. The highest BCUT2D eigenvalue weighted by Crippen LogP contribution is 2.41. The maximum atomic E-state index is 13.2. The molecule has 1 atom stereocenters. The molecule has 4 nitrogen and oxygen atoms in total. The molecule has 0 bridgehead atoms. The number of rotatable bonds is 2. The quantitative estimate of drug-likeness (QED) is 0.827. The van der Waals surface area contributed by atoms with Gasteiger partial charge in [0.05, 0.1) is 5.41 Å². The fraction of sp³-hybridized carbons (Fsp3) is 0.619. The first-order chi connectivity index (χ1) is 11.7. The third kappa shape index (κ3) is 3.58. The summed E-state index contributed by atoms with van der Waals surface area (Å²) in [4.78, 5) is 29.8. The van der Waals surface area contributed by atoms with Crippen molar-refractivity contribution in [1.29, 1.82) is 0 Å². The van der Waals surface area contributed by atoms with E-state index in [4.69, 9.17) is 0 Å². The zero-order valence-electron chi connectivity index (χ0n) is 16.0. The summed E-state index contributed by atoms with van der Waals surface area (Å²) in [5, 5.41) is 0. The minimum atomic E-state index is -0.384. The van der Waals surface area contributed by atoms with Crippen LogP contribution in [0.15, 0.2) is 24.3 Å². The average Bonchev–Trinajstić information content (AvgIpc) is 2.95. The third-order valence-corrected chi connectivity index (χ3v) is 5.56. The molecule has 2 amide bonds. The minimum absolute atomic E-state index is 0.160. The molecular formula is C21H30N2O2. The molecule has 2 aliphatic heterocycles. The normalized spacial score (nSPS) is 24.2. The van der Waals surface area contributed by atoms with Gasteiger partial charge in [-0.25, -0.2) is 0 Å². The van der Waals surface area contributed by atoms with Crippen LogP contribution in [0.4, 0.5) is 0 Å². The second kappa shape index (κ2) is 6.47. The van der Waals surface area contributed by atoms with Crippen LogP contribution in [0.1, 0.15) is 51.2 Å². The van der Waals surface area contributed by atoms with Gasteiger partial charge in [0.15, 0.2) is 0 Å². The molecule has 1 aromatic carbocycles. The van der Waals surface area contributed by atoms with Crippen LogP contribution in [0.25, 0.3) is 0 Å². The molecular weight excluding hydrogens is 312 g/mol. The first kappa shape index (κ1) is 18.0. The lowest BCUT2D eigenvalue weighted by molar-refractivity contribution is -0.147. The number of benzene rings is 1. The molecule has 1 spiro atoms. The van der Waals surface area contributed by atoms with Crippen LogP contribution in [0, 0.1) is 17.8 Å². The SMILES string of the molecule is Cc1cccc(CN2CCCC3(CCN(C(=O)C(C)(C)C)C3)C2=O)c1. The Labute approximate surface area is 151 Å². The molecule has 136 valence electrons. The van der Waals surface area contributed by atoms with Crippen LogP contribution >= 0.6 is 0 Å². The van der Waals surface area contributed by atoms with Gasteiger partial charge in [0.25, 0.3) is 0 Å². The molecule has 2 saturated heterocycles. The first-order valence-corrected chi connectivity index (χ1v) is 9.36. The predicted molar refractivity (Wildman–Crippen MR) is 98.9 cm³/mol. The molecule has 0 aliphatic carbocycles. The van der Waals surface area contributed by atoms with Gasteiger partial charge in [-0.2, -0.15) is 0 Å². The highest BCUT2D eigenvalue weighted by atomic mass is 16.2. The Balaban J connectivity index is 1.73. The van der Waals surface area contributed by atoms with Gasteiger partial charge < -0.3 is 9.80 Å². The summed E-state index contributed by atoms with van der Waals surface area (Å²) in [5.41, 5.74) is 1.67. The van der Waals surface area contributed by atoms with E-state index in [1.54, 1.807) is 0 Å². The fourth-order valence-electron chi connectivity index (χ4n) is 4.23. The lowest BCUT2D eigenvalue weighted by Crippen LogP contribution is -2.50. The van der Waals surface area contributed by atoms with Gasteiger partial charge in [0.2, 0.25) is 11.8 Å². The number of aryl methyl sites for hydroxylation is 1. The van der Waals surface area contributed by atoms with Crippen LogP contribution in [0.2, 0.25) is 0 Å². The molecule has 1 unspecified atom stereocenters. The second-order valence-electron chi connectivity index (χ2n) is 8.83. The Kier molecular flexibility index (Phi) is 4.65. The van der Waals surface area contributed by atoms with Crippen LogP contribution in [-0.2, 0) is 16.1 Å². The van der Waals surface area contributed by atoms with E-state index in [9.17, 15) is 9.59 Å². The van der Waals surface area contributed by atoms with Crippen molar-refractivity contribution in [2.75, 3.05) is 19.6 Å². The van der Waals surface area contributed by atoms with Crippen molar-refractivity contribution < 1.29 is 9.59 Å². The fourth-order valence-corrected chi connectivity index (χ4v) is 4.23. The molecule has 25 heavy (non-hydrogen) atoms. The Morgan fingerprint density at radius 3 is 2.64 bits per heavy atom. The van der Waals surface area contributed by atoms with Gasteiger partial charge in [-0.05, 0) is 31.7 Å². The smallest absolute Gasteiger partial charge is 0.230 e. The van der Waals surface area contributed by atoms with Gasteiger partial charge in [0, 0.05) is 31.6 Å². The van der Waals surface area contributed by atoms with Gasteiger partial charge in [-0.15, -0.1) is 0 Å². The van der Waals surface area contributed by atoms with Crippen LogP contribution in [-0.4, -0.2) is 41.2 Å². The second-order valence-corrected chi connectivity index (χ2v) is 8.83. The average molecular weight is 342 g/mol. The van der Waals surface area contributed by atoms with E-state index >= 15 is 0 Å². The number of likely N-dealkylation sites (tertiary alicyclic amines) is 2. The van der Waals surface area contributed by atoms with Gasteiger partial charge in [0.1, 0.15) is 0 Å². The van der Waals surface area contributed by atoms with E-state index in [2.05, 4.69) is 25.1 Å². The van der Waals surface area contributed by atoms with Gasteiger partial charge >= 0.3 is 0 Å². The molecule has 2 fully saturated rings. The Bertz CT molecular complexity index is 677. The van der Waals surface area contributed by atoms with Crippen molar-refractivity contribution in [1.82, 2.24) is 9.80 Å². The molecule has 4 heteroatoms. The van der Waals surface area contributed by atoms with Crippen molar-refractivity contribution in [3.05, 3.63) is 35.4 Å². The van der Waals surface area contributed by atoms with E-state index in [1.807, 2.05) is 36.6 Å². The summed E-state index contributed by atoms with van der Waals surface area (Å²) in [7, 11) is 0. The predicted octanol–water partition coefficient (Wildman–Crippen LogP) is 3.38. The maximum absolute atomic E-state index is 13.2.